The minimum atomic E-state index is 0.0497. The van der Waals surface area contributed by atoms with Crippen molar-refractivity contribution in [3.05, 3.63) is 0 Å². The van der Waals surface area contributed by atoms with Gasteiger partial charge in [0, 0.05) is 13.1 Å². The fourth-order valence-electron chi connectivity index (χ4n) is 1.96. The van der Waals surface area contributed by atoms with Crippen LogP contribution in [0.2, 0.25) is 0 Å². The molecule has 0 aromatic heterocycles. The molecule has 2 fully saturated rings. The molecule has 2 amide bonds. The Morgan fingerprint density at radius 2 is 1.93 bits per heavy atom. The molecular formula is C10H16N2O2. The number of imide groups is 1. The second-order valence-electron chi connectivity index (χ2n) is 4.03. The van der Waals surface area contributed by atoms with Crippen LogP contribution in [0, 0.1) is 11.8 Å². The maximum atomic E-state index is 11.5. The standard InChI is InChI=1S/C10H16N2O2/c1-2-3-11-4-5-12-9(13)7-6-8(7)10(12)14/h7-8,11H,2-6H2,1H3. The molecule has 0 aromatic rings. The summed E-state index contributed by atoms with van der Waals surface area (Å²) in [6.45, 7) is 4.31. The van der Waals surface area contributed by atoms with E-state index in [1.807, 2.05) is 0 Å². The Bertz CT molecular complexity index is 245. The van der Waals surface area contributed by atoms with Crippen LogP contribution < -0.4 is 5.32 Å². The van der Waals surface area contributed by atoms with Crippen molar-refractivity contribution in [2.24, 2.45) is 11.8 Å². The Balaban J connectivity index is 1.76. The number of hydrogen-bond donors (Lipinski definition) is 1. The number of amides is 2. The highest BCUT2D eigenvalue weighted by Gasteiger charge is 2.58. The second kappa shape index (κ2) is 3.69. The van der Waals surface area contributed by atoms with E-state index in [0.717, 1.165) is 25.9 Å². The molecule has 4 heteroatoms. The number of piperidine rings is 1. The first kappa shape index (κ1) is 9.65. The van der Waals surface area contributed by atoms with E-state index < -0.39 is 0 Å². The van der Waals surface area contributed by atoms with E-state index in [2.05, 4.69) is 12.2 Å². The van der Waals surface area contributed by atoms with Crippen molar-refractivity contribution in [2.45, 2.75) is 19.8 Å². The molecule has 2 unspecified atom stereocenters. The van der Waals surface area contributed by atoms with Gasteiger partial charge in [0.25, 0.3) is 0 Å². The van der Waals surface area contributed by atoms with Gasteiger partial charge in [0.1, 0.15) is 0 Å². The smallest absolute Gasteiger partial charge is 0.233 e. The van der Waals surface area contributed by atoms with E-state index in [-0.39, 0.29) is 23.7 Å². The number of carbonyl (C=O) groups is 2. The van der Waals surface area contributed by atoms with Crippen LogP contribution in [0.3, 0.4) is 0 Å². The Morgan fingerprint density at radius 3 is 2.50 bits per heavy atom. The monoisotopic (exact) mass is 196 g/mol. The van der Waals surface area contributed by atoms with Crippen molar-refractivity contribution in [1.29, 1.82) is 0 Å². The fourth-order valence-corrected chi connectivity index (χ4v) is 1.96. The van der Waals surface area contributed by atoms with Gasteiger partial charge in [-0.05, 0) is 19.4 Å². The highest BCUT2D eigenvalue weighted by Crippen LogP contribution is 2.46. The van der Waals surface area contributed by atoms with Gasteiger partial charge in [-0.2, -0.15) is 0 Å². The van der Waals surface area contributed by atoms with Crippen molar-refractivity contribution >= 4 is 11.8 Å². The normalized spacial score (nSPS) is 29.6. The van der Waals surface area contributed by atoms with E-state index in [0.29, 0.717) is 6.54 Å². The van der Waals surface area contributed by atoms with Crippen LogP contribution in [0.15, 0.2) is 0 Å². The number of hydrogen-bond acceptors (Lipinski definition) is 3. The number of rotatable bonds is 5. The molecule has 0 aromatic carbocycles. The summed E-state index contributed by atoms with van der Waals surface area (Å²) in [5, 5.41) is 3.19. The van der Waals surface area contributed by atoms with Crippen molar-refractivity contribution in [3.8, 4) is 0 Å². The summed E-state index contributed by atoms with van der Waals surface area (Å²) in [7, 11) is 0. The van der Waals surface area contributed by atoms with E-state index in [9.17, 15) is 9.59 Å². The molecular weight excluding hydrogens is 180 g/mol. The first-order valence-corrected chi connectivity index (χ1v) is 5.31. The van der Waals surface area contributed by atoms with Crippen LogP contribution in [-0.4, -0.2) is 36.3 Å². The maximum Gasteiger partial charge on any atom is 0.233 e. The molecule has 0 spiro atoms. The number of likely N-dealkylation sites (tertiary alicyclic amines) is 1. The molecule has 2 rings (SSSR count). The average molecular weight is 196 g/mol. The third-order valence-corrected chi connectivity index (χ3v) is 2.90. The van der Waals surface area contributed by atoms with Crippen molar-refractivity contribution in [3.63, 3.8) is 0 Å². The summed E-state index contributed by atoms with van der Waals surface area (Å²) in [4.78, 5) is 24.4. The Kier molecular flexibility index (Phi) is 2.54. The Morgan fingerprint density at radius 1 is 1.29 bits per heavy atom. The topological polar surface area (TPSA) is 49.4 Å². The molecule has 4 nitrogen and oxygen atoms in total. The predicted octanol–water partition coefficient (Wildman–Crippen LogP) is -0.00910. The van der Waals surface area contributed by atoms with Crippen molar-refractivity contribution < 1.29 is 9.59 Å². The lowest BCUT2D eigenvalue weighted by molar-refractivity contribution is -0.141. The molecule has 1 heterocycles. The molecule has 2 aliphatic rings. The van der Waals surface area contributed by atoms with Gasteiger partial charge >= 0.3 is 0 Å². The molecule has 0 bridgehead atoms. The molecule has 1 saturated heterocycles. The minimum absolute atomic E-state index is 0.0497. The zero-order valence-corrected chi connectivity index (χ0v) is 8.45. The average Bonchev–Trinajstić information content (AvgIpc) is 2.91. The van der Waals surface area contributed by atoms with Gasteiger partial charge in [-0.3, -0.25) is 14.5 Å². The number of nitrogens with one attached hydrogen (secondary N) is 1. The summed E-state index contributed by atoms with van der Waals surface area (Å²) < 4.78 is 0. The largest absolute Gasteiger partial charge is 0.315 e. The van der Waals surface area contributed by atoms with Gasteiger partial charge < -0.3 is 5.32 Å². The van der Waals surface area contributed by atoms with Crippen LogP contribution >= 0.6 is 0 Å². The highest BCUT2D eigenvalue weighted by molar-refractivity contribution is 6.08. The second-order valence-corrected chi connectivity index (χ2v) is 4.03. The van der Waals surface area contributed by atoms with Gasteiger partial charge in [-0.25, -0.2) is 0 Å². The fraction of sp³-hybridized carbons (Fsp3) is 0.800. The molecule has 0 radical (unpaired) electrons. The SMILES string of the molecule is CCCNCCN1C(=O)C2CC2C1=O. The van der Waals surface area contributed by atoms with E-state index in [4.69, 9.17) is 0 Å². The van der Waals surface area contributed by atoms with E-state index in [1.54, 1.807) is 0 Å². The quantitative estimate of drug-likeness (QED) is 0.497. The van der Waals surface area contributed by atoms with Crippen molar-refractivity contribution in [2.75, 3.05) is 19.6 Å². The first-order valence-electron chi connectivity index (χ1n) is 5.31. The molecule has 2 atom stereocenters. The summed E-state index contributed by atoms with van der Waals surface area (Å²) >= 11 is 0. The zero-order chi connectivity index (χ0) is 10.1. The number of carbonyl (C=O) groups excluding carboxylic acids is 2. The Hall–Kier alpha value is -0.900. The van der Waals surface area contributed by atoms with Gasteiger partial charge in [-0.15, -0.1) is 0 Å². The van der Waals surface area contributed by atoms with Crippen molar-refractivity contribution in [1.82, 2.24) is 10.2 Å². The maximum absolute atomic E-state index is 11.5. The highest BCUT2D eigenvalue weighted by atomic mass is 16.2. The zero-order valence-electron chi connectivity index (χ0n) is 8.45. The summed E-state index contributed by atoms with van der Waals surface area (Å²) in [6.07, 6.45) is 1.88. The lowest BCUT2D eigenvalue weighted by Crippen LogP contribution is -2.38. The van der Waals surface area contributed by atoms with Crippen LogP contribution in [0.5, 0.6) is 0 Å². The molecule has 14 heavy (non-hydrogen) atoms. The lowest BCUT2D eigenvalue weighted by Gasteiger charge is -2.16. The third-order valence-electron chi connectivity index (χ3n) is 2.90. The van der Waals surface area contributed by atoms with E-state index in [1.165, 1.54) is 4.90 Å². The lowest BCUT2D eigenvalue weighted by atomic mass is 10.4. The molecule has 1 N–H and O–H groups in total. The predicted molar refractivity (Wildman–Crippen MR) is 51.5 cm³/mol. The first-order chi connectivity index (χ1) is 6.75. The summed E-state index contributed by atoms with van der Waals surface area (Å²) in [5.74, 6) is 0.207. The van der Waals surface area contributed by atoms with Crippen LogP contribution in [0.4, 0.5) is 0 Å². The van der Waals surface area contributed by atoms with Gasteiger partial charge in [0.2, 0.25) is 11.8 Å². The van der Waals surface area contributed by atoms with Crippen LogP contribution in [0.25, 0.3) is 0 Å². The minimum Gasteiger partial charge on any atom is -0.315 e. The van der Waals surface area contributed by atoms with Gasteiger partial charge in [-0.1, -0.05) is 6.92 Å². The van der Waals surface area contributed by atoms with Crippen LogP contribution in [0.1, 0.15) is 19.8 Å². The third kappa shape index (κ3) is 1.54. The Labute approximate surface area is 83.6 Å². The molecule has 1 saturated carbocycles. The summed E-state index contributed by atoms with van der Waals surface area (Å²) in [5.41, 5.74) is 0. The van der Waals surface area contributed by atoms with Gasteiger partial charge in [0.05, 0.1) is 11.8 Å². The number of nitrogens with zero attached hydrogens (tertiary/aromatic N) is 1. The molecule has 1 aliphatic carbocycles. The number of fused-ring (bicyclic) bond motifs is 1. The summed E-state index contributed by atoms with van der Waals surface area (Å²) in [6, 6.07) is 0. The van der Waals surface area contributed by atoms with E-state index >= 15 is 0 Å². The van der Waals surface area contributed by atoms with Gasteiger partial charge in [0.15, 0.2) is 0 Å². The van der Waals surface area contributed by atoms with Crippen LogP contribution in [-0.2, 0) is 9.59 Å². The molecule has 1 aliphatic heterocycles. The molecule has 78 valence electrons.